The Morgan fingerprint density at radius 1 is 1.08 bits per heavy atom. The van der Waals surface area contributed by atoms with Gasteiger partial charge in [0.1, 0.15) is 0 Å². The summed E-state index contributed by atoms with van der Waals surface area (Å²) in [6.45, 7) is 10.3. The summed E-state index contributed by atoms with van der Waals surface area (Å²) >= 11 is 0. The number of rotatable bonds is 7. The first-order valence-corrected chi connectivity index (χ1v) is 5.26. The lowest BCUT2D eigenvalue weighted by Crippen LogP contribution is -2.31. The van der Waals surface area contributed by atoms with E-state index in [1.807, 2.05) is 6.41 Å². The average Bonchev–Trinajstić information content (AvgIpc) is 2.16. The van der Waals surface area contributed by atoms with Gasteiger partial charge >= 0.3 is 6.41 Å². The maximum Gasteiger partial charge on any atom is 0.312 e. The Kier molecular flexibility index (Phi) is 6.65. The van der Waals surface area contributed by atoms with E-state index in [2.05, 4.69) is 27.7 Å². The second-order valence-corrected chi connectivity index (χ2v) is 4.02. The summed E-state index contributed by atoms with van der Waals surface area (Å²) in [5.74, 6) is 1.18. The van der Waals surface area contributed by atoms with Crippen LogP contribution in [-0.4, -0.2) is 24.4 Å². The minimum Gasteiger partial charge on any atom is -0.334 e. The molecule has 13 heavy (non-hydrogen) atoms. The molecule has 0 spiro atoms. The van der Waals surface area contributed by atoms with Crippen LogP contribution in [0, 0.1) is 11.8 Å². The summed E-state index contributed by atoms with van der Waals surface area (Å²) in [4.78, 5) is 12.4. The third-order valence-corrected chi connectivity index (χ3v) is 2.59. The van der Waals surface area contributed by atoms with Crippen LogP contribution in [0.1, 0.15) is 40.5 Å². The lowest BCUT2D eigenvalue weighted by molar-refractivity contribution is 0.287. The van der Waals surface area contributed by atoms with Crippen molar-refractivity contribution in [1.82, 2.24) is 4.90 Å². The van der Waals surface area contributed by atoms with E-state index in [1.165, 1.54) is 0 Å². The Morgan fingerprint density at radius 2 is 1.46 bits per heavy atom. The van der Waals surface area contributed by atoms with E-state index in [1.54, 1.807) is 4.90 Å². The number of hydrogen-bond acceptors (Lipinski definition) is 1. The van der Waals surface area contributed by atoms with Gasteiger partial charge in [-0.15, -0.1) is 0 Å². The molecule has 1 radical (unpaired) electrons. The molecule has 0 aliphatic carbocycles. The van der Waals surface area contributed by atoms with Crippen LogP contribution >= 0.6 is 0 Å². The van der Waals surface area contributed by atoms with Gasteiger partial charge in [-0.05, 0) is 11.8 Å². The first-order chi connectivity index (χ1) is 6.13. The second-order valence-electron chi connectivity index (χ2n) is 4.02. The Balaban J connectivity index is 3.81. The van der Waals surface area contributed by atoms with Crippen molar-refractivity contribution in [3.8, 4) is 0 Å². The quantitative estimate of drug-likeness (QED) is 0.556. The second kappa shape index (κ2) is 6.93. The molecule has 2 nitrogen and oxygen atoms in total. The highest BCUT2D eigenvalue weighted by atomic mass is 16.1. The maximum atomic E-state index is 10.6. The Morgan fingerprint density at radius 3 is 1.69 bits per heavy atom. The minimum absolute atomic E-state index is 0.588. The molecule has 2 unspecified atom stereocenters. The van der Waals surface area contributed by atoms with Gasteiger partial charge < -0.3 is 4.90 Å². The third-order valence-electron chi connectivity index (χ3n) is 2.59. The third kappa shape index (κ3) is 5.67. The SMILES string of the molecule is CCC(C)CN([C]=O)CC(C)CC. The van der Waals surface area contributed by atoms with Crippen LogP contribution in [0.4, 0.5) is 0 Å². The molecule has 0 heterocycles. The van der Waals surface area contributed by atoms with Crippen molar-refractivity contribution in [2.75, 3.05) is 13.1 Å². The maximum absolute atomic E-state index is 10.6. The molecule has 0 aromatic rings. The fraction of sp³-hybridized carbons (Fsp3) is 0.909. The van der Waals surface area contributed by atoms with Gasteiger partial charge in [-0.3, -0.25) is 4.79 Å². The van der Waals surface area contributed by atoms with Crippen LogP contribution in [0.5, 0.6) is 0 Å². The van der Waals surface area contributed by atoms with E-state index in [4.69, 9.17) is 0 Å². The monoisotopic (exact) mass is 184 g/mol. The first-order valence-electron chi connectivity index (χ1n) is 5.26. The van der Waals surface area contributed by atoms with Gasteiger partial charge in [0.25, 0.3) is 0 Å². The molecule has 0 aliphatic rings. The van der Waals surface area contributed by atoms with E-state index in [9.17, 15) is 4.79 Å². The summed E-state index contributed by atoms with van der Waals surface area (Å²) in [6.07, 6.45) is 4.26. The van der Waals surface area contributed by atoms with Crippen molar-refractivity contribution >= 4 is 6.41 Å². The topological polar surface area (TPSA) is 20.3 Å². The first kappa shape index (κ1) is 12.5. The van der Waals surface area contributed by atoms with Crippen LogP contribution < -0.4 is 0 Å². The molecule has 0 saturated heterocycles. The van der Waals surface area contributed by atoms with E-state index < -0.39 is 0 Å². The Bertz CT molecular complexity index is 124. The Labute approximate surface area is 82.3 Å². The zero-order chi connectivity index (χ0) is 10.3. The highest BCUT2D eigenvalue weighted by molar-refractivity contribution is 5.48. The molecule has 0 aromatic carbocycles. The van der Waals surface area contributed by atoms with Crippen LogP contribution in [0.25, 0.3) is 0 Å². The number of nitrogens with zero attached hydrogens (tertiary/aromatic N) is 1. The van der Waals surface area contributed by atoms with E-state index in [0.717, 1.165) is 25.9 Å². The van der Waals surface area contributed by atoms with Crippen LogP contribution in [0.15, 0.2) is 0 Å². The molecule has 0 aromatic heterocycles. The molecule has 77 valence electrons. The standard InChI is InChI=1S/C11H22NO/c1-5-10(3)7-12(9-13)8-11(4)6-2/h10-11H,5-8H2,1-4H3. The zero-order valence-electron chi connectivity index (χ0n) is 9.34. The molecule has 2 heteroatoms. The Hall–Kier alpha value is -0.530. The number of amides is 1. The molecular weight excluding hydrogens is 162 g/mol. The fourth-order valence-electron chi connectivity index (χ4n) is 1.16. The van der Waals surface area contributed by atoms with Gasteiger partial charge in [0, 0.05) is 13.1 Å². The number of hydrogen-bond donors (Lipinski definition) is 0. The van der Waals surface area contributed by atoms with Gasteiger partial charge in [0.2, 0.25) is 0 Å². The van der Waals surface area contributed by atoms with Crippen molar-refractivity contribution in [3.63, 3.8) is 0 Å². The molecule has 1 amide bonds. The molecule has 0 aliphatic heterocycles. The molecular formula is C11H22NO. The number of carbonyl (C=O) groups excluding carboxylic acids is 1. The lowest BCUT2D eigenvalue weighted by Gasteiger charge is -2.22. The van der Waals surface area contributed by atoms with Crippen molar-refractivity contribution in [2.45, 2.75) is 40.5 Å². The minimum atomic E-state index is 0.588. The molecule has 0 fully saturated rings. The highest BCUT2D eigenvalue weighted by Gasteiger charge is 2.10. The average molecular weight is 184 g/mol. The summed E-state index contributed by atoms with van der Waals surface area (Å²) < 4.78 is 0. The van der Waals surface area contributed by atoms with Crippen LogP contribution in [-0.2, 0) is 4.79 Å². The van der Waals surface area contributed by atoms with Gasteiger partial charge in [-0.1, -0.05) is 40.5 Å². The van der Waals surface area contributed by atoms with Gasteiger partial charge in [-0.2, -0.15) is 0 Å². The molecule has 0 N–H and O–H groups in total. The van der Waals surface area contributed by atoms with Gasteiger partial charge in [-0.25, -0.2) is 0 Å². The van der Waals surface area contributed by atoms with Crippen molar-refractivity contribution in [3.05, 3.63) is 0 Å². The zero-order valence-corrected chi connectivity index (χ0v) is 9.34. The summed E-state index contributed by atoms with van der Waals surface area (Å²) in [6, 6.07) is 0. The predicted octanol–water partition coefficient (Wildman–Crippen LogP) is 2.45. The van der Waals surface area contributed by atoms with Crippen LogP contribution in [0.3, 0.4) is 0 Å². The summed E-state index contributed by atoms with van der Waals surface area (Å²) in [5, 5.41) is 0. The van der Waals surface area contributed by atoms with E-state index >= 15 is 0 Å². The van der Waals surface area contributed by atoms with E-state index in [-0.39, 0.29) is 0 Å². The van der Waals surface area contributed by atoms with Crippen molar-refractivity contribution in [1.29, 1.82) is 0 Å². The molecule has 0 saturated carbocycles. The summed E-state index contributed by atoms with van der Waals surface area (Å²) in [5.41, 5.74) is 0. The van der Waals surface area contributed by atoms with Crippen molar-refractivity contribution < 1.29 is 4.79 Å². The van der Waals surface area contributed by atoms with Crippen molar-refractivity contribution in [2.24, 2.45) is 11.8 Å². The van der Waals surface area contributed by atoms with Crippen LogP contribution in [0.2, 0.25) is 0 Å². The lowest BCUT2D eigenvalue weighted by atomic mass is 10.1. The molecule has 0 bridgehead atoms. The van der Waals surface area contributed by atoms with Gasteiger partial charge in [0.05, 0.1) is 0 Å². The van der Waals surface area contributed by atoms with Gasteiger partial charge in [0.15, 0.2) is 0 Å². The molecule has 2 atom stereocenters. The van der Waals surface area contributed by atoms with E-state index in [0.29, 0.717) is 11.8 Å². The smallest absolute Gasteiger partial charge is 0.312 e. The largest absolute Gasteiger partial charge is 0.334 e. The fourth-order valence-corrected chi connectivity index (χ4v) is 1.16. The highest BCUT2D eigenvalue weighted by Crippen LogP contribution is 2.07. The normalized spacial score (nSPS) is 15.1. The molecule has 0 rings (SSSR count). The summed E-state index contributed by atoms with van der Waals surface area (Å²) in [7, 11) is 0. The predicted molar refractivity (Wildman–Crippen MR) is 56.2 cm³/mol.